The predicted octanol–water partition coefficient (Wildman–Crippen LogP) is 5.63. The summed E-state index contributed by atoms with van der Waals surface area (Å²) in [4.78, 5) is 40.7. The Balaban J connectivity index is 1.58. The Bertz CT molecular complexity index is 1800. The lowest BCUT2D eigenvalue weighted by molar-refractivity contribution is -0.384. The van der Waals surface area contributed by atoms with Crippen molar-refractivity contribution in [2.75, 3.05) is 10.8 Å². The van der Waals surface area contributed by atoms with E-state index in [0.29, 0.717) is 5.56 Å². The van der Waals surface area contributed by atoms with Gasteiger partial charge in [0.25, 0.3) is 15.7 Å². The summed E-state index contributed by atoms with van der Waals surface area (Å²) in [6.07, 6.45) is 3.70. The van der Waals surface area contributed by atoms with Gasteiger partial charge in [0.1, 0.15) is 18.4 Å². The summed E-state index contributed by atoms with van der Waals surface area (Å²) in [5, 5.41) is 14.7. The van der Waals surface area contributed by atoms with Crippen LogP contribution < -0.4 is 9.62 Å². The van der Waals surface area contributed by atoms with Crippen LogP contribution in [0.4, 0.5) is 15.8 Å². The fourth-order valence-electron chi connectivity index (χ4n) is 5.72. The number of rotatable bonds is 13. The molecule has 0 saturated heterocycles. The number of benzene rings is 4. The summed E-state index contributed by atoms with van der Waals surface area (Å²) < 4.78 is 42.8. The second kappa shape index (κ2) is 15.0. The number of carbonyl (C=O) groups is 2. The number of nitrogens with zero attached hydrogens (tertiary/aromatic N) is 3. The maximum atomic E-state index is 14.5. The zero-order chi connectivity index (χ0) is 33.4. The molecule has 0 spiro atoms. The van der Waals surface area contributed by atoms with Gasteiger partial charge in [-0.2, -0.15) is 0 Å². The summed E-state index contributed by atoms with van der Waals surface area (Å²) in [6.45, 7) is -0.884. The number of nitro benzene ring substituents is 1. The second-order valence-corrected chi connectivity index (χ2v) is 13.3. The summed E-state index contributed by atoms with van der Waals surface area (Å²) >= 11 is 0. The van der Waals surface area contributed by atoms with Crippen molar-refractivity contribution in [3.63, 3.8) is 0 Å². The van der Waals surface area contributed by atoms with Crippen LogP contribution in [0, 0.1) is 15.9 Å². The van der Waals surface area contributed by atoms with Crippen molar-refractivity contribution in [2.45, 2.75) is 55.6 Å². The fraction of sp³-hybridized carbons (Fsp3) is 0.257. The van der Waals surface area contributed by atoms with Crippen LogP contribution in [0.5, 0.6) is 0 Å². The molecule has 2 amide bonds. The maximum Gasteiger partial charge on any atom is 0.271 e. The molecule has 1 aliphatic rings. The molecule has 1 saturated carbocycles. The molecule has 47 heavy (non-hydrogen) atoms. The van der Waals surface area contributed by atoms with Gasteiger partial charge in [-0.1, -0.05) is 79.6 Å². The standard InChI is InChI=1S/C35H35FN4O6S/c36-28-20-18-27(19-21-28)24-38(33(22-26-10-3-1-4-11-26)35(42)37-29-12-7-8-13-29)34(41)25-39(30-14-9-15-31(23-30)40(43)44)47(45,46)32-16-5-2-6-17-32/h1-6,9-11,14-21,23,29,33H,7-8,12-13,22,24-25H2,(H,37,42)/t33-/m0/s1. The minimum atomic E-state index is -4.41. The number of nitro groups is 1. The molecular weight excluding hydrogens is 623 g/mol. The van der Waals surface area contributed by atoms with E-state index in [1.54, 1.807) is 6.07 Å². The van der Waals surface area contributed by atoms with Gasteiger partial charge in [0, 0.05) is 31.1 Å². The lowest BCUT2D eigenvalue weighted by Crippen LogP contribution is -2.54. The molecule has 12 heteroatoms. The van der Waals surface area contributed by atoms with Gasteiger partial charge in [0.05, 0.1) is 15.5 Å². The largest absolute Gasteiger partial charge is 0.352 e. The van der Waals surface area contributed by atoms with Gasteiger partial charge in [-0.05, 0) is 54.3 Å². The zero-order valence-corrected chi connectivity index (χ0v) is 26.4. The van der Waals surface area contributed by atoms with Crippen molar-refractivity contribution in [3.05, 3.63) is 136 Å². The van der Waals surface area contributed by atoms with Gasteiger partial charge < -0.3 is 10.2 Å². The molecule has 0 aromatic heterocycles. The summed E-state index contributed by atoms with van der Waals surface area (Å²) in [5.74, 6) is -1.58. The topological polar surface area (TPSA) is 130 Å². The van der Waals surface area contributed by atoms with Crippen LogP contribution in [-0.2, 0) is 32.6 Å². The molecule has 0 unspecified atom stereocenters. The van der Waals surface area contributed by atoms with Crippen molar-refractivity contribution in [1.82, 2.24) is 10.2 Å². The first kappa shape index (κ1) is 33.3. The number of anilines is 1. The Labute approximate surface area is 273 Å². The average molecular weight is 659 g/mol. The van der Waals surface area contributed by atoms with Gasteiger partial charge in [0.2, 0.25) is 11.8 Å². The SMILES string of the molecule is O=C(NC1CCCC1)[C@H](Cc1ccccc1)N(Cc1ccc(F)cc1)C(=O)CN(c1cccc([N+](=O)[O-])c1)S(=O)(=O)c1ccccc1. The van der Waals surface area contributed by atoms with E-state index in [1.165, 1.54) is 71.6 Å². The first-order valence-electron chi connectivity index (χ1n) is 15.3. The van der Waals surface area contributed by atoms with Gasteiger partial charge in [-0.3, -0.25) is 24.0 Å². The van der Waals surface area contributed by atoms with Crippen molar-refractivity contribution >= 4 is 33.2 Å². The van der Waals surface area contributed by atoms with Crippen LogP contribution >= 0.6 is 0 Å². The van der Waals surface area contributed by atoms with Crippen LogP contribution in [-0.4, -0.2) is 48.7 Å². The smallest absolute Gasteiger partial charge is 0.271 e. The molecule has 0 aliphatic heterocycles. The molecule has 4 aromatic carbocycles. The van der Waals surface area contributed by atoms with E-state index in [-0.39, 0.29) is 41.2 Å². The quantitative estimate of drug-likeness (QED) is 0.147. The number of hydrogen-bond donors (Lipinski definition) is 1. The maximum absolute atomic E-state index is 14.5. The molecule has 0 heterocycles. The summed E-state index contributed by atoms with van der Waals surface area (Å²) in [6, 6.07) is 26.0. The number of amides is 2. The molecule has 0 radical (unpaired) electrons. The van der Waals surface area contributed by atoms with E-state index in [9.17, 15) is 32.5 Å². The van der Waals surface area contributed by atoms with E-state index in [2.05, 4.69) is 5.32 Å². The number of hydrogen-bond acceptors (Lipinski definition) is 6. The Hall–Kier alpha value is -5.10. The molecule has 5 rings (SSSR count). The van der Waals surface area contributed by atoms with Crippen molar-refractivity contribution in [3.8, 4) is 0 Å². The highest BCUT2D eigenvalue weighted by Crippen LogP contribution is 2.28. The van der Waals surface area contributed by atoms with E-state index in [1.807, 2.05) is 30.3 Å². The Morgan fingerprint density at radius 2 is 1.51 bits per heavy atom. The van der Waals surface area contributed by atoms with Crippen LogP contribution in [0.25, 0.3) is 0 Å². The van der Waals surface area contributed by atoms with Crippen molar-refractivity contribution in [2.24, 2.45) is 0 Å². The number of carbonyl (C=O) groups excluding carboxylic acids is 2. The highest BCUT2D eigenvalue weighted by molar-refractivity contribution is 7.92. The lowest BCUT2D eigenvalue weighted by Gasteiger charge is -2.34. The molecular formula is C35H35FN4O6S. The van der Waals surface area contributed by atoms with Crippen molar-refractivity contribution < 1.29 is 27.3 Å². The number of sulfonamides is 1. The zero-order valence-electron chi connectivity index (χ0n) is 25.6. The normalized spacial score (nSPS) is 13.9. The number of nitrogens with one attached hydrogen (secondary N) is 1. The minimum absolute atomic E-state index is 0.0524. The third-order valence-electron chi connectivity index (χ3n) is 8.18. The average Bonchev–Trinajstić information content (AvgIpc) is 3.60. The molecule has 1 atom stereocenters. The van der Waals surface area contributed by atoms with Gasteiger partial charge >= 0.3 is 0 Å². The van der Waals surface area contributed by atoms with Crippen LogP contribution in [0.2, 0.25) is 0 Å². The molecule has 4 aromatic rings. The molecule has 1 N–H and O–H groups in total. The Morgan fingerprint density at radius 1 is 0.872 bits per heavy atom. The minimum Gasteiger partial charge on any atom is -0.352 e. The Kier molecular flexibility index (Phi) is 10.6. The molecule has 244 valence electrons. The third kappa shape index (κ3) is 8.39. The predicted molar refractivity (Wildman–Crippen MR) is 175 cm³/mol. The monoisotopic (exact) mass is 658 g/mol. The van der Waals surface area contributed by atoms with Crippen LogP contribution in [0.3, 0.4) is 0 Å². The van der Waals surface area contributed by atoms with E-state index >= 15 is 0 Å². The Morgan fingerprint density at radius 3 is 2.15 bits per heavy atom. The molecule has 1 fully saturated rings. The highest BCUT2D eigenvalue weighted by atomic mass is 32.2. The highest BCUT2D eigenvalue weighted by Gasteiger charge is 2.36. The summed E-state index contributed by atoms with van der Waals surface area (Å²) in [5.41, 5.74) is 0.861. The fourth-order valence-corrected chi connectivity index (χ4v) is 7.15. The van der Waals surface area contributed by atoms with Crippen LogP contribution in [0.15, 0.2) is 114 Å². The molecule has 1 aliphatic carbocycles. The number of halogens is 1. The van der Waals surface area contributed by atoms with Crippen LogP contribution in [0.1, 0.15) is 36.8 Å². The first-order chi connectivity index (χ1) is 22.6. The first-order valence-corrected chi connectivity index (χ1v) is 16.8. The van der Waals surface area contributed by atoms with E-state index < -0.39 is 39.3 Å². The van der Waals surface area contributed by atoms with Gasteiger partial charge in [0.15, 0.2) is 0 Å². The molecule has 0 bridgehead atoms. The summed E-state index contributed by atoms with van der Waals surface area (Å²) in [7, 11) is -4.41. The molecule has 10 nitrogen and oxygen atoms in total. The van der Waals surface area contributed by atoms with Gasteiger partial charge in [-0.25, -0.2) is 12.8 Å². The lowest BCUT2D eigenvalue weighted by atomic mass is 10.0. The van der Waals surface area contributed by atoms with Gasteiger partial charge in [-0.15, -0.1) is 0 Å². The van der Waals surface area contributed by atoms with Crippen molar-refractivity contribution in [1.29, 1.82) is 0 Å². The van der Waals surface area contributed by atoms with E-state index in [0.717, 1.165) is 41.6 Å². The third-order valence-corrected chi connectivity index (χ3v) is 9.97. The van der Waals surface area contributed by atoms with E-state index in [4.69, 9.17) is 0 Å². The number of non-ortho nitro benzene ring substituents is 1. The second-order valence-electron chi connectivity index (χ2n) is 11.4.